The Balaban J connectivity index is 1.70. The Hall–Kier alpha value is -1.80. The Labute approximate surface area is 126 Å². The number of rotatable bonds is 4. The summed E-state index contributed by atoms with van der Waals surface area (Å²) in [6.07, 6.45) is 2.23. The molecule has 2 aromatic carbocycles. The summed E-state index contributed by atoms with van der Waals surface area (Å²) in [4.78, 5) is 0. The van der Waals surface area contributed by atoms with Crippen LogP contribution in [0.2, 0.25) is 0 Å². The first-order chi connectivity index (χ1) is 10.2. The van der Waals surface area contributed by atoms with Gasteiger partial charge >= 0.3 is 0 Å². The third-order valence-corrected chi connectivity index (χ3v) is 4.34. The minimum atomic E-state index is 0.247. The fourth-order valence-corrected chi connectivity index (χ4v) is 3.11. The molecule has 2 nitrogen and oxygen atoms in total. The first-order valence-electron chi connectivity index (χ1n) is 7.68. The number of nitrogens with two attached hydrogens (primary N) is 1. The van der Waals surface area contributed by atoms with E-state index in [9.17, 15) is 0 Å². The summed E-state index contributed by atoms with van der Waals surface area (Å²) in [7, 11) is 0. The Morgan fingerprint density at radius 3 is 2.52 bits per heavy atom. The second-order valence-electron chi connectivity index (χ2n) is 6.13. The second-order valence-corrected chi connectivity index (χ2v) is 6.13. The van der Waals surface area contributed by atoms with E-state index in [-0.39, 0.29) is 6.10 Å². The molecule has 0 fully saturated rings. The van der Waals surface area contributed by atoms with Crippen molar-refractivity contribution in [3.05, 3.63) is 64.7 Å². The maximum absolute atomic E-state index is 6.08. The first kappa shape index (κ1) is 14.2. The molecular formula is C19H23NO. The predicted molar refractivity (Wildman–Crippen MR) is 86.9 cm³/mol. The van der Waals surface area contributed by atoms with Crippen LogP contribution in [0.25, 0.3) is 0 Å². The van der Waals surface area contributed by atoms with E-state index in [1.165, 1.54) is 22.3 Å². The molecule has 1 aliphatic rings. The van der Waals surface area contributed by atoms with Gasteiger partial charge in [0, 0.05) is 6.42 Å². The van der Waals surface area contributed by atoms with Gasteiger partial charge in [-0.2, -0.15) is 0 Å². The third-order valence-electron chi connectivity index (χ3n) is 4.34. The highest BCUT2D eigenvalue weighted by atomic mass is 16.5. The van der Waals surface area contributed by atoms with Crippen LogP contribution in [0, 0.1) is 13.8 Å². The molecule has 3 rings (SSSR count). The van der Waals surface area contributed by atoms with Crippen molar-refractivity contribution in [1.82, 2.24) is 0 Å². The lowest BCUT2D eigenvalue weighted by Gasteiger charge is -2.19. The summed E-state index contributed by atoms with van der Waals surface area (Å²) < 4.78 is 6.08. The molecule has 0 saturated carbocycles. The predicted octanol–water partition coefficient (Wildman–Crippen LogP) is 3.74. The second kappa shape index (κ2) is 5.90. The molecule has 0 bridgehead atoms. The molecule has 21 heavy (non-hydrogen) atoms. The third kappa shape index (κ3) is 3.11. The van der Waals surface area contributed by atoms with E-state index in [0.29, 0.717) is 12.5 Å². The first-order valence-corrected chi connectivity index (χ1v) is 7.68. The lowest BCUT2D eigenvalue weighted by atomic mass is 9.91. The Bertz CT molecular complexity index is 618. The quantitative estimate of drug-likeness (QED) is 0.926. The molecule has 2 aromatic rings. The van der Waals surface area contributed by atoms with E-state index in [1.807, 2.05) is 0 Å². The summed E-state index contributed by atoms with van der Waals surface area (Å²) >= 11 is 0. The van der Waals surface area contributed by atoms with Crippen LogP contribution < -0.4 is 10.5 Å². The average Bonchev–Trinajstić information content (AvgIpc) is 2.87. The molecule has 0 aromatic heterocycles. The van der Waals surface area contributed by atoms with Crippen molar-refractivity contribution in [3.8, 4) is 5.75 Å². The molecule has 0 aliphatic carbocycles. The van der Waals surface area contributed by atoms with Gasteiger partial charge in [0.2, 0.25) is 0 Å². The molecule has 2 N–H and O–H groups in total. The zero-order chi connectivity index (χ0) is 14.8. The van der Waals surface area contributed by atoms with E-state index in [4.69, 9.17) is 10.5 Å². The minimum Gasteiger partial charge on any atom is -0.490 e. The molecule has 1 heterocycles. The van der Waals surface area contributed by atoms with Gasteiger partial charge in [-0.25, -0.2) is 0 Å². The highest BCUT2D eigenvalue weighted by Gasteiger charge is 2.26. The van der Waals surface area contributed by atoms with Gasteiger partial charge in [-0.05, 0) is 49.9 Å². The summed E-state index contributed by atoms with van der Waals surface area (Å²) in [5, 5.41) is 0. The van der Waals surface area contributed by atoms with Crippen molar-refractivity contribution in [3.63, 3.8) is 0 Å². The van der Waals surface area contributed by atoms with Crippen molar-refractivity contribution in [2.75, 3.05) is 6.54 Å². The largest absolute Gasteiger partial charge is 0.490 e. The Morgan fingerprint density at radius 1 is 1.10 bits per heavy atom. The van der Waals surface area contributed by atoms with Gasteiger partial charge in [0.15, 0.2) is 0 Å². The van der Waals surface area contributed by atoms with Crippen molar-refractivity contribution >= 4 is 0 Å². The number of ether oxygens (including phenoxy) is 1. The van der Waals surface area contributed by atoms with Gasteiger partial charge in [-0.3, -0.25) is 0 Å². The van der Waals surface area contributed by atoms with Crippen molar-refractivity contribution < 1.29 is 4.74 Å². The number of fused-ring (bicyclic) bond motifs is 1. The van der Waals surface area contributed by atoms with Crippen LogP contribution in [0.3, 0.4) is 0 Å². The molecule has 0 radical (unpaired) electrons. The topological polar surface area (TPSA) is 35.2 Å². The molecule has 110 valence electrons. The average molecular weight is 281 g/mol. The molecular weight excluding hydrogens is 258 g/mol. The van der Waals surface area contributed by atoms with Gasteiger partial charge in [0.05, 0.1) is 0 Å². The smallest absolute Gasteiger partial charge is 0.123 e. The van der Waals surface area contributed by atoms with E-state index in [1.54, 1.807) is 0 Å². The highest BCUT2D eigenvalue weighted by Crippen LogP contribution is 2.33. The Morgan fingerprint density at radius 2 is 1.81 bits per heavy atom. The maximum atomic E-state index is 6.08. The van der Waals surface area contributed by atoms with Gasteiger partial charge in [0.25, 0.3) is 0 Å². The van der Waals surface area contributed by atoms with Gasteiger partial charge in [-0.1, -0.05) is 47.5 Å². The van der Waals surface area contributed by atoms with Crippen LogP contribution in [0.1, 0.15) is 34.6 Å². The fraction of sp³-hybridized carbons (Fsp3) is 0.368. The van der Waals surface area contributed by atoms with Crippen LogP contribution in [0.15, 0.2) is 42.5 Å². The molecule has 0 saturated heterocycles. The molecule has 0 amide bonds. The fourth-order valence-electron chi connectivity index (χ4n) is 3.11. The minimum absolute atomic E-state index is 0.247. The zero-order valence-corrected chi connectivity index (χ0v) is 12.8. The van der Waals surface area contributed by atoms with Crippen molar-refractivity contribution in [1.29, 1.82) is 0 Å². The molecule has 2 atom stereocenters. The summed E-state index contributed by atoms with van der Waals surface area (Å²) in [6.45, 7) is 4.90. The standard InChI is InChI=1S/C19H23NO/c1-13-3-6-15(7-4-13)17(12-20)11-18-10-16-9-14(2)5-8-19(16)21-18/h3-9,17-18H,10-12,20H2,1-2H3. The highest BCUT2D eigenvalue weighted by molar-refractivity contribution is 5.40. The lowest BCUT2D eigenvalue weighted by Crippen LogP contribution is -2.22. The molecule has 1 aliphatic heterocycles. The van der Waals surface area contributed by atoms with E-state index in [2.05, 4.69) is 56.3 Å². The van der Waals surface area contributed by atoms with Crippen LogP contribution in [0.4, 0.5) is 0 Å². The van der Waals surface area contributed by atoms with Crippen LogP contribution >= 0.6 is 0 Å². The Kier molecular flexibility index (Phi) is 3.98. The number of aryl methyl sites for hydroxylation is 2. The maximum Gasteiger partial charge on any atom is 0.123 e. The van der Waals surface area contributed by atoms with Gasteiger partial charge < -0.3 is 10.5 Å². The van der Waals surface area contributed by atoms with Crippen molar-refractivity contribution in [2.24, 2.45) is 5.73 Å². The summed E-state index contributed by atoms with van der Waals surface area (Å²) in [5.41, 5.74) is 11.2. The van der Waals surface area contributed by atoms with Crippen LogP contribution in [0.5, 0.6) is 5.75 Å². The van der Waals surface area contributed by atoms with Crippen LogP contribution in [-0.4, -0.2) is 12.6 Å². The molecule has 2 heteroatoms. The van der Waals surface area contributed by atoms with Crippen LogP contribution in [-0.2, 0) is 6.42 Å². The zero-order valence-electron chi connectivity index (χ0n) is 12.8. The molecule has 0 spiro atoms. The number of benzene rings is 2. The monoisotopic (exact) mass is 281 g/mol. The SMILES string of the molecule is Cc1ccc(C(CN)CC2Cc3cc(C)ccc3O2)cc1. The summed E-state index contributed by atoms with van der Waals surface area (Å²) in [6, 6.07) is 15.1. The van der Waals surface area contributed by atoms with Gasteiger partial charge in [0.1, 0.15) is 11.9 Å². The number of hydrogen-bond acceptors (Lipinski definition) is 2. The van der Waals surface area contributed by atoms with Crippen molar-refractivity contribution in [2.45, 2.75) is 38.7 Å². The van der Waals surface area contributed by atoms with Gasteiger partial charge in [-0.15, -0.1) is 0 Å². The lowest BCUT2D eigenvalue weighted by molar-refractivity contribution is 0.210. The number of hydrogen-bond donors (Lipinski definition) is 1. The summed E-state index contributed by atoms with van der Waals surface area (Å²) in [5.74, 6) is 1.41. The van der Waals surface area contributed by atoms with E-state index in [0.717, 1.165) is 18.6 Å². The van der Waals surface area contributed by atoms with E-state index >= 15 is 0 Å². The normalized spacial score (nSPS) is 18.1. The molecule has 2 unspecified atom stereocenters. The van der Waals surface area contributed by atoms with E-state index < -0.39 is 0 Å².